The van der Waals surface area contributed by atoms with Crippen molar-refractivity contribution in [3.63, 3.8) is 0 Å². The lowest BCUT2D eigenvalue weighted by atomic mass is 10.1. The molecule has 0 aliphatic carbocycles. The number of hydrogen-bond donors (Lipinski definition) is 0. The summed E-state index contributed by atoms with van der Waals surface area (Å²) >= 11 is 0. The fourth-order valence-electron chi connectivity index (χ4n) is 2.46. The Morgan fingerprint density at radius 1 is 1.11 bits per heavy atom. The molecule has 3 rings (SSSR count). The number of amides is 2. The summed E-state index contributed by atoms with van der Waals surface area (Å²) < 4.78 is 35.2. The van der Waals surface area contributed by atoms with Gasteiger partial charge in [-0.2, -0.15) is 0 Å². The van der Waals surface area contributed by atoms with E-state index in [0.717, 1.165) is 9.21 Å². The zero-order valence-corrected chi connectivity index (χ0v) is 15.6. The summed E-state index contributed by atoms with van der Waals surface area (Å²) in [5.74, 6) is -1.51. The molecule has 142 valence electrons. The lowest BCUT2D eigenvalue weighted by Crippen LogP contribution is -2.24. The van der Waals surface area contributed by atoms with Gasteiger partial charge in [0.1, 0.15) is 12.4 Å². The van der Waals surface area contributed by atoms with Gasteiger partial charge in [-0.3, -0.25) is 14.5 Å². The Morgan fingerprint density at radius 3 is 2.44 bits per heavy atom. The molecule has 0 spiro atoms. The first-order chi connectivity index (χ1) is 12.6. The number of rotatable bonds is 5. The van der Waals surface area contributed by atoms with E-state index in [2.05, 4.69) is 0 Å². The van der Waals surface area contributed by atoms with Gasteiger partial charge < -0.3 is 9.15 Å². The van der Waals surface area contributed by atoms with Crippen LogP contribution in [0.5, 0.6) is 0 Å². The third-order valence-electron chi connectivity index (χ3n) is 4.04. The Balaban J connectivity index is 1.72. The van der Waals surface area contributed by atoms with Gasteiger partial charge in [0, 0.05) is 21.1 Å². The van der Waals surface area contributed by atoms with E-state index in [9.17, 15) is 22.8 Å². The van der Waals surface area contributed by atoms with Crippen LogP contribution in [0.15, 0.2) is 39.8 Å². The average molecular weight is 392 g/mol. The van der Waals surface area contributed by atoms with Gasteiger partial charge in [0.05, 0.1) is 16.7 Å². The van der Waals surface area contributed by atoms with Crippen LogP contribution in [0, 0.1) is 0 Å². The Morgan fingerprint density at radius 2 is 1.78 bits per heavy atom. The number of esters is 1. The van der Waals surface area contributed by atoms with Gasteiger partial charge in [-0.1, -0.05) is 0 Å². The first-order valence-corrected chi connectivity index (χ1v) is 9.21. The standard InChI is InChI=1S/C17H16N2O7S/c1-18(2)27(23,24)14-7-5-11(26-14)9-25-17(22)10-4-6-12-13(8-10)16(21)19(3)15(12)20/h4-8H,9H2,1-3H3. The van der Waals surface area contributed by atoms with Crippen molar-refractivity contribution in [1.82, 2.24) is 9.21 Å². The summed E-state index contributed by atoms with van der Waals surface area (Å²) in [4.78, 5) is 37.0. The van der Waals surface area contributed by atoms with E-state index in [4.69, 9.17) is 9.15 Å². The summed E-state index contributed by atoms with van der Waals surface area (Å²) in [5, 5.41) is -0.261. The number of benzene rings is 1. The maximum atomic E-state index is 12.2. The zero-order chi connectivity index (χ0) is 19.9. The predicted octanol–water partition coefficient (Wildman–Crippen LogP) is 1.11. The van der Waals surface area contributed by atoms with Crippen LogP contribution in [-0.2, 0) is 21.4 Å². The molecular formula is C17H16N2O7S. The molecule has 1 aliphatic heterocycles. The van der Waals surface area contributed by atoms with Gasteiger partial charge in [0.15, 0.2) is 0 Å². The average Bonchev–Trinajstić information content (AvgIpc) is 3.20. The molecule has 2 amide bonds. The minimum absolute atomic E-state index is 0.0953. The molecule has 0 N–H and O–H groups in total. The third-order valence-corrected chi connectivity index (χ3v) is 5.73. The van der Waals surface area contributed by atoms with Gasteiger partial charge >= 0.3 is 5.97 Å². The highest BCUT2D eigenvalue weighted by Crippen LogP contribution is 2.23. The second-order valence-corrected chi connectivity index (χ2v) is 8.10. The Kier molecular flexibility index (Phi) is 4.62. The number of hydrogen-bond acceptors (Lipinski definition) is 7. The molecule has 2 heterocycles. The van der Waals surface area contributed by atoms with Crippen molar-refractivity contribution in [2.75, 3.05) is 21.1 Å². The van der Waals surface area contributed by atoms with Crippen LogP contribution in [0.1, 0.15) is 36.8 Å². The first kappa shape index (κ1) is 18.8. The van der Waals surface area contributed by atoms with Crippen molar-refractivity contribution >= 4 is 27.8 Å². The molecule has 0 radical (unpaired) electrons. The van der Waals surface area contributed by atoms with Crippen LogP contribution < -0.4 is 0 Å². The van der Waals surface area contributed by atoms with Gasteiger partial charge in [-0.15, -0.1) is 0 Å². The lowest BCUT2D eigenvalue weighted by Gasteiger charge is -2.08. The van der Waals surface area contributed by atoms with Gasteiger partial charge in [-0.25, -0.2) is 17.5 Å². The van der Waals surface area contributed by atoms with Crippen LogP contribution in [0.3, 0.4) is 0 Å². The topological polar surface area (TPSA) is 114 Å². The molecular weight excluding hydrogens is 376 g/mol. The molecule has 2 aromatic rings. The molecule has 0 fully saturated rings. The van der Waals surface area contributed by atoms with Crippen molar-refractivity contribution < 1.29 is 32.0 Å². The Bertz CT molecular complexity index is 1050. The summed E-state index contributed by atoms with van der Waals surface area (Å²) in [7, 11) is 0.382. The van der Waals surface area contributed by atoms with E-state index in [1.54, 1.807) is 0 Å². The zero-order valence-electron chi connectivity index (χ0n) is 14.8. The van der Waals surface area contributed by atoms with E-state index < -0.39 is 27.8 Å². The number of carbonyl (C=O) groups excluding carboxylic acids is 3. The molecule has 1 aromatic carbocycles. The molecule has 0 saturated heterocycles. The minimum atomic E-state index is -3.72. The number of ether oxygens (including phenoxy) is 1. The molecule has 0 atom stereocenters. The highest BCUT2D eigenvalue weighted by atomic mass is 32.2. The number of furan rings is 1. The molecule has 0 bridgehead atoms. The summed E-state index contributed by atoms with van der Waals surface area (Å²) in [5.41, 5.74) is 0.454. The van der Waals surface area contributed by atoms with Crippen molar-refractivity contribution in [3.05, 3.63) is 52.8 Å². The minimum Gasteiger partial charge on any atom is -0.454 e. The fourth-order valence-corrected chi connectivity index (χ4v) is 3.27. The van der Waals surface area contributed by atoms with Gasteiger partial charge in [0.2, 0.25) is 5.09 Å². The molecule has 0 unspecified atom stereocenters. The number of fused-ring (bicyclic) bond motifs is 1. The van der Waals surface area contributed by atoms with Crippen molar-refractivity contribution in [2.24, 2.45) is 0 Å². The van der Waals surface area contributed by atoms with Gasteiger partial charge in [0.25, 0.3) is 21.8 Å². The summed E-state index contributed by atoms with van der Waals surface area (Å²) in [6.45, 7) is -0.286. The number of nitrogens with zero attached hydrogens (tertiary/aromatic N) is 2. The van der Waals surface area contributed by atoms with E-state index in [1.807, 2.05) is 0 Å². The second kappa shape index (κ2) is 6.63. The highest BCUT2D eigenvalue weighted by Gasteiger charge is 2.33. The molecule has 10 heteroatoms. The van der Waals surface area contributed by atoms with Crippen molar-refractivity contribution in [2.45, 2.75) is 11.7 Å². The normalized spacial score (nSPS) is 14.0. The van der Waals surface area contributed by atoms with E-state index in [-0.39, 0.29) is 34.1 Å². The maximum absolute atomic E-state index is 12.2. The largest absolute Gasteiger partial charge is 0.454 e. The monoisotopic (exact) mass is 392 g/mol. The SMILES string of the molecule is CN1C(=O)c2ccc(C(=O)OCc3ccc(S(=O)(=O)N(C)C)o3)cc2C1=O. The first-order valence-electron chi connectivity index (χ1n) is 7.77. The van der Waals surface area contributed by atoms with Gasteiger partial charge in [-0.05, 0) is 30.3 Å². The molecule has 9 nitrogen and oxygen atoms in total. The van der Waals surface area contributed by atoms with Crippen molar-refractivity contribution in [3.8, 4) is 0 Å². The van der Waals surface area contributed by atoms with Crippen LogP contribution in [-0.4, -0.2) is 56.5 Å². The predicted molar refractivity (Wildman–Crippen MR) is 91.6 cm³/mol. The Labute approximate surface area is 155 Å². The summed E-state index contributed by atoms with van der Waals surface area (Å²) in [6, 6.07) is 6.74. The molecule has 27 heavy (non-hydrogen) atoms. The Hall–Kier alpha value is -2.98. The van der Waals surface area contributed by atoms with Crippen LogP contribution in [0.25, 0.3) is 0 Å². The third kappa shape index (κ3) is 3.24. The fraction of sp³-hybridized carbons (Fsp3) is 0.235. The van der Waals surface area contributed by atoms with E-state index in [1.165, 1.54) is 51.5 Å². The molecule has 0 saturated carbocycles. The van der Waals surface area contributed by atoms with E-state index in [0.29, 0.717) is 0 Å². The van der Waals surface area contributed by atoms with Crippen LogP contribution in [0.4, 0.5) is 0 Å². The highest BCUT2D eigenvalue weighted by molar-refractivity contribution is 7.88. The smallest absolute Gasteiger partial charge is 0.338 e. The lowest BCUT2D eigenvalue weighted by molar-refractivity contribution is 0.0440. The second-order valence-electron chi connectivity index (χ2n) is 6.01. The number of carbonyl (C=O) groups is 3. The maximum Gasteiger partial charge on any atom is 0.338 e. The van der Waals surface area contributed by atoms with Crippen LogP contribution in [0.2, 0.25) is 0 Å². The summed E-state index contributed by atoms with van der Waals surface area (Å²) in [6.07, 6.45) is 0. The molecule has 1 aromatic heterocycles. The van der Waals surface area contributed by atoms with Crippen molar-refractivity contribution in [1.29, 1.82) is 0 Å². The van der Waals surface area contributed by atoms with E-state index >= 15 is 0 Å². The molecule has 1 aliphatic rings. The quantitative estimate of drug-likeness (QED) is 0.553. The number of imide groups is 1. The number of sulfonamides is 1. The van der Waals surface area contributed by atoms with Crippen LogP contribution >= 0.6 is 0 Å².